The van der Waals surface area contributed by atoms with Crippen LogP contribution < -0.4 is 9.80 Å². The Bertz CT molecular complexity index is 666. The van der Waals surface area contributed by atoms with Crippen LogP contribution in [0.2, 0.25) is 0 Å². The smallest absolute Gasteiger partial charge is 0.104 e. The van der Waals surface area contributed by atoms with E-state index in [1.807, 2.05) is 0 Å². The van der Waals surface area contributed by atoms with E-state index >= 15 is 0 Å². The highest BCUT2D eigenvalue weighted by Gasteiger charge is 2.37. The minimum absolute atomic E-state index is 0.222. The van der Waals surface area contributed by atoms with Crippen molar-refractivity contribution in [3.8, 4) is 0 Å². The van der Waals surface area contributed by atoms with Crippen LogP contribution in [0.15, 0.2) is 36.4 Å². The highest BCUT2D eigenvalue weighted by atomic mass is 16.3. The zero-order chi connectivity index (χ0) is 15.3. The maximum atomic E-state index is 9.50. The number of hydrogen-bond acceptors (Lipinski definition) is 3. The quantitative estimate of drug-likeness (QED) is 0.920. The molecule has 3 heteroatoms. The Morgan fingerprint density at radius 2 is 1.41 bits per heavy atom. The monoisotopic (exact) mass is 294 g/mol. The van der Waals surface area contributed by atoms with Crippen LogP contribution in [0.25, 0.3) is 0 Å². The third-order valence-corrected chi connectivity index (χ3v) is 4.88. The molecule has 2 aromatic rings. The van der Waals surface area contributed by atoms with Gasteiger partial charge in [0.1, 0.15) is 6.17 Å². The molecule has 2 aromatic carbocycles. The fraction of sp³-hybridized carbons (Fsp3) is 0.368. The molecule has 3 nitrogen and oxygen atoms in total. The van der Waals surface area contributed by atoms with Crippen LogP contribution in [-0.4, -0.2) is 17.9 Å². The zero-order valence-corrected chi connectivity index (χ0v) is 13.2. The molecule has 1 N–H and O–H groups in total. The summed E-state index contributed by atoms with van der Waals surface area (Å²) in [5, 5.41) is 9.50. The summed E-state index contributed by atoms with van der Waals surface area (Å²) in [6.07, 6.45) is 1.04. The maximum Gasteiger partial charge on any atom is 0.104 e. The molecular formula is C19H22N2O. The van der Waals surface area contributed by atoms with Crippen molar-refractivity contribution in [3.63, 3.8) is 0 Å². The van der Waals surface area contributed by atoms with Gasteiger partial charge in [-0.05, 0) is 37.1 Å². The van der Waals surface area contributed by atoms with Crippen molar-refractivity contribution in [2.24, 2.45) is 0 Å². The molecule has 114 valence electrons. The summed E-state index contributed by atoms with van der Waals surface area (Å²) in [6, 6.07) is 13.5. The van der Waals surface area contributed by atoms with Crippen LogP contribution in [0, 0.1) is 13.8 Å². The Hall–Kier alpha value is -2.00. The van der Waals surface area contributed by atoms with Crippen molar-refractivity contribution in [2.75, 3.05) is 16.4 Å². The van der Waals surface area contributed by atoms with E-state index in [1.165, 1.54) is 33.6 Å². The minimum Gasteiger partial charge on any atom is -0.396 e. The molecule has 0 aliphatic carbocycles. The fourth-order valence-corrected chi connectivity index (χ4v) is 3.91. The Kier molecular flexibility index (Phi) is 3.12. The van der Waals surface area contributed by atoms with Gasteiger partial charge in [-0.2, -0.15) is 0 Å². The SMILES string of the molecule is Cc1ccc2c(c1)CN1c3ccc(C)cc3CN2C1CCO. The van der Waals surface area contributed by atoms with E-state index in [9.17, 15) is 5.11 Å². The van der Waals surface area contributed by atoms with Crippen LogP contribution in [0.1, 0.15) is 28.7 Å². The van der Waals surface area contributed by atoms with Crippen molar-refractivity contribution < 1.29 is 5.11 Å². The van der Waals surface area contributed by atoms with E-state index in [0.717, 1.165) is 19.5 Å². The van der Waals surface area contributed by atoms with Gasteiger partial charge in [0.25, 0.3) is 0 Å². The van der Waals surface area contributed by atoms with Gasteiger partial charge in [-0.1, -0.05) is 35.4 Å². The zero-order valence-electron chi connectivity index (χ0n) is 13.2. The summed E-state index contributed by atoms with van der Waals surface area (Å²) >= 11 is 0. The van der Waals surface area contributed by atoms with Crippen molar-refractivity contribution in [2.45, 2.75) is 39.5 Å². The predicted octanol–water partition coefficient (Wildman–Crippen LogP) is 3.35. The molecule has 0 saturated carbocycles. The molecule has 0 spiro atoms. The molecule has 0 fully saturated rings. The number of aliphatic hydroxyl groups is 1. The second-order valence-corrected chi connectivity index (χ2v) is 6.51. The van der Waals surface area contributed by atoms with Gasteiger partial charge in [0.2, 0.25) is 0 Å². The number of aryl methyl sites for hydroxylation is 2. The summed E-state index contributed by atoms with van der Waals surface area (Å²) in [6.45, 7) is 6.37. The van der Waals surface area contributed by atoms with Crippen LogP contribution in [0.4, 0.5) is 11.4 Å². The van der Waals surface area contributed by atoms with E-state index in [2.05, 4.69) is 60.0 Å². The van der Waals surface area contributed by atoms with Crippen LogP contribution in [0.3, 0.4) is 0 Å². The first-order valence-electron chi connectivity index (χ1n) is 8.00. The molecule has 2 heterocycles. The van der Waals surface area contributed by atoms with E-state index in [4.69, 9.17) is 0 Å². The Balaban J connectivity index is 1.85. The van der Waals surface area contributed by atoms with E-state index in [1.54, 1.807) is 0 Å². The van der Waals surface area contributed by atoms with Crippen molar-refractivity contribution in [1.29, 1.82) is 0 Å². The second-order valence-electron chi connectivity index (χ2n) is 6.51. The number of fused-ring (bicyclic) bond motifs is 6. The van der Waals surface area contributed by atoms with Gasteiger partial charge in [0.05, 0.1) is 0 Å². The van der Waals surface area contributed by atoms with Crippen LogP contribution >= 0.6 is 0 Å². The largest absolute Gasteiger partial charge is 0.396 e. The first kappa shape index (κ1) is 13.6. The number of nitrogens with zero attached hydrogens (tertiary/aromatic N) is 2. The van der Waals surface area contributed by atoms with Crippen molar-refractivity contribution >= 4 is 11.4 Å². The summed E-state index contributed by atoms with van der Waals surface area (Å²) in [5.41, 5.74) is 8.05. The number of rotatable bonds is 2. The van der Waals surface area contributed by atoms with Gasteiger partial charge in [-0.3, -0.25) is 0 Å². The highest BCUT2D eigenvalue weighted by Crippen LogP contribution is 2.42. The third kappa shape index (κ3) is 2.00. The molecular weight excluding hydrogens is 272 g/mol. The van der Waals surface area contributed by atoms with Crippen molar-refractivity contribution in [3.05, 3.63) is 58.7 Å². The van der Waals surface area contributed by atoms with Gasteiger partial charge < -0.3 is 14.9 Å². The Labute approximate surface area is 131 Å². The van der Waals surface area contributed by atoms with Gasteiger partial charge in [-0.15, -0.1) is 0 Å². The average molecular weight is 294 g/mol. The lowest BCUT2D eigenvalue weighted by molar-refractivity contribution is 0.265. The number of aliphatic hydroxyl groups excluding tert-OH is 1. The number of hydrogen-bond donors (Lipinski definition) is 1. The molecule has 0 saturated heterocycles. The molecule has 0 amide bonds. The van der Waals surface area contributed by atoms with Crippen LogP contribution in [0.5, 0.6) is 0 Å². The first-order valence-corrected chi connectivity index (χ1v) is 8.00. The number of benzene rings is 2. The van der Waals surface area contributed by atoms with E-state index < -0.39 is 0 Å². The number of anilines is 2. The highest BCUT2D eigenvalue weighted by molar-refractivity contribution is 5.69. The molecule has 2 aliphatic rings. The first-order chi connectivity index (χ1) is 10.7. The topological polar surface area (TPSA) is 26.7 Å². The standard InChI is InChI=1S/C19H22N2O/c1-13-3-5-17-15(9-13)11-20-18-6-4-14(2)10-16(18)12-21(17)19(20)7-8-22/h3-6,9-10,19,22H,7-8,11-12H2,1-2H3. The predicted molar refractivity (Wildman–Crippen MR) is 90.2 cm³/mol. The van der Waals surface area contributed by atoms with Crippen LogP contribution in [-0.2, 0) is 13.1 Å². The van der Waals surface area contributed by atoms with Gasteiger partial charge >= 0.3 is 0 Å². The second kappa shape index (κ2) is 5.03. The summed E-state index contributed by atoms with van der Waals surface area (Å²) < 4.78 is 0. The Morgan fingerprint density at radius 3 is 1.86 bits per heavy atom. The molecule has 2 bridgehead atoms. The lowest BCUT2D eigenvalue weighted by atomic mass is 9.95. The molecule has 0 aromatic heterocycles. The molecule has 0 unspecified atom stereocenters. The molecule has 0 radical (unpaired) electrons. The van der Waals surface area contributed by atoms with Crippen molar-refractivity contribution in [1.82, 2.24) is 0 Å². The minimum atomic E-state index is 0.222. The maximum absolute atomic E-state index is 9.50. The van der Waals surface area contributed by atoms with Gasteiger partial charge in [0.15, 0.2) is 0 Å². The molecule has 22 heavy (non-hydrogen) atoms. The molecule has 0 atom stereocenters. The lowest BCUT2D eigenvalue weighted by Gasteiger charge is -2.51. The van der Waals surface area contributed by atoms with E-state index in [0.29, 0.717) is 0 Å². The third-order valence-electron chi connectivity index (χ3n) is 4.88. The molecule has 4 rings (SSSR count). The summed E-state index contributed by atoms with van der Waals surface area (Å²) in [7, 11) is 0. The fourth-order valence-electron chi connectivity index (χ4n) is 3.91. The van der Waals surface area contributed by atoms with E-state index in [-0.39, 0.29) is 12.8 Å². The van der Waals surface area contributed by atoms with Gasteiger partial charge in [-0.25, -0.2) is 0 Å². The lowest BCUT2D eigenvalue weighted by Crippen LogP contribution is -2.55. The average Bonchev–Trinajstić information content (AvgIpc) is 2.48. The summed E-state index contributed by atoms with van der Waals surface area (Å²) in [4.78, 5) is 4.91. The Morgan fingerprint density at radius 1 is 0.909 bits per heavy atom. The molecule has 2 aliphatic heterocycles. The van der Waals surface area contributed by atoms with Gasteiger partial charge in [0, 0.05) is 37.5 Å². The summed E-state index contributed by atoms with van der Waals surface area (Å²) in [5.74, 6) is 0. The normalized spacial score (nSPS) is 16.5.